The Morgan fingerprint density at radius 2 is 1.76 bits per heavy atom. The van der Waals surface area contributed by atoms with E-state index in [2.05, 4.69) is 11.0 Å². The van der Waals surface area contributed by atoms with Crippen LogP contribution in [0.25, 0.3) is 0 Å². The highest BCUT2D eigenvalue weighted by atomic mass is 16.5. The number of ether oxygens (including phenoxy) is 3. The van der Waals surface area contributed by atoms with Crippen LogP contribution in [0.4, 0.5) is 0 Å². The van der Waals surface area contributed by atoms with Gasteiger partial charge in [0.1, 0.15) is 5.78 Å². The van der Waals surface area contributed by atoms with Gasteiger partial charge in [-0.05, 0) is 69.8 Å². The minimum atomic E-state index is 0.319. The molecule has 1 aromatic carbocycles. The minimum absolute atomic E-state index is 0.319. The van der Waals surface area contributed by atoms with Crippen molar-refractivity contribution in [1.82, 2.24) is 4.90 Å². The number of rotatable bonds is 9. The first-order valence-corrected chi connectivity index (χ1v) is 9.08. The van der Waals surface area contributed by atoms with Crippen LogP contribution in [0.3, 0.4) is 0 Å². The molecule has 0 amide bonds. The van der Waals surface area contributed by atoms with Crippen molar-refractivity contribution in [3.63, 3.8) is 0 Å². The number of aryl methyl sites for hydroxylation is 1. The van der Waals surface area contributed by atoms with Gasteiger partial charge in [0.05, 0.1) is 21.3 Å². The highest BCUT2D eigenvalue weighted by Gasteiger charge is 2.20. The number of likely N-dealkylation sites (tertiary alicyclic amines) is 1. The van der Waals surface area contributed by atoms with E-state index < -0.39 is 0 Å². The van der Waals surface area contributed by atoms with Crippen molar-refractivity contribution in [2.24, 2.45) is 5.92 Å². The summed E-state index contributed by atoms with van der Waals surface area (Å²) in [5.74, 6) is 3.02. The van der Waals surface area contributed by atoms with Gasteiger partial charge >= 0.3 is 0 Å². The van der Waals surface area contributed by atoms with E-state index in [1.807, 2.05) is 6.07 Å². The predicted molar refractivity (Wildman–Crippen MR) is 98.9 cm³/mol. The number of Topliss-reactive ketones (excluding diaryl/α,β-unsaturated/α-hetero) is 1. The van der Waals surface area contributed by atoms with E-state index in [1.165, 1.54) is 0 Å². The zero-order chi connectivity index (χ0) is 18.2. The lowest BCUT2D eigenvalue weighted by Gasteiger charge is -2.31. The van der Waals surface area contributed by atoms with Gasteiger partial charge in [-0.15, -0.1) is 0 Å². The molecule has 0 atom stereocenters. The van der Waals surface area contributed by atoms with E-state index in [9.17, 15) is 4.79 Å². The number of hydrogen-bond donors (Lipinski definition) is 0. The molecular formula is C20H31NO4. The highest BCUT2D eigenvalue weighted by Crippen LogP contribution is 2.40. The Morgan fingerprint density at radius 3 is 2.32 bits per heavy atom. The Labute approximate surface area is 151 Å². The predicted octanol–water partition coefficient (Wildman–Crippen LogP) is 3.34. The van der Waals surface area contributed by atoms with E-state index in [0.717, 1.165) is 63.1 Å². The molecule has 1 aromatic rings. The monoisotopic (exact) mass is 349 g/mol. The van der Waals surface area contributed by atoms with Crippen molar-refractivity contribution in [1.29, 1.82) is 0 Å². The zero-order valence-electron chi connectivity index (χ0n) is 16.0. The number of carbonyl (C=O) groups is 1. The molecule has 1 heterocycles. The summed E-state index contributed by atoms with van der Waals surface area (Å²) in [6, 6.07) is 3.99. The molecule has 5 nitrogen and oxygen atoms in total. The summed E-state index contributed by atoms with van der Waals surface area (Å²) in [6.07, 6.45) is 5.04. The van der Waals surface area contributed by atoms with Gasteiger partial charge < -0.3 is 23.9 Å². The molecule has 1 fully saturated rings. The van der Waals surface area contributed by atoms with Gasteiger partial charge in [-0.25, -0.2) is 0 Å². The molecule has 1 aliphatic rings. The lowest BCUT2D eigenvalue weighted by Crippen LogP contribution is -2.35. The van der Waals surface area contributed by atoms with Crippen LogP contribution in [0.2, 0.25) is 0 Å². The third kappa shape index (κ3) is 5.36. The van der Waals surface area contributed by atoms with Gasteiger partial charge in [0, 0.05) is 6.42 Å². The van der Waals surface area contributed by atoms with Crippen molar-refractivity contribution in [3.05, 3.63) is 17.7 Å². The molecule has 0 spiro atoms. The maximum atomic E-state index is 11.2. The van der Waals surface area contributed by atoms with E-state index in [0.29, 0.717) is 23.2 Å². The zero-order valence-corrected chi connectivity index (χ0v) is 16.0. The molecule has 2 rings (SSSR count). The summed E-state index contributed by atoms with van der Waals surface area (Å²) < 4.78 is 16.3. The van der Waals surface area contributed by atoms with Crippen LogP contribution >= 0.6 is 0 Å². The normalized spacial score (nSPS) is 15.8. The maximum Gasteiger partial charge on any atom is 0.203 e. The second-order valence-corrected chi connectivity index (χ2v) is 6.79. The first-order valence-electron chi connectivity index (χ1n) is 9.08. The third-order valence-corrected chi connectivity index (χ3v) is 4.99. The van der Waals surface area contributed by atoms with Crippen LogP contribution < -0.4 is 14.2 Å². The number of nitrogens with zero attached hydrogens (tertiary/aromatic N) is 1. The van der Waals surface area contributed by atoms with Gasteiger partial charge in [-0.2, -0.15) is 0 Å². The molecule has 0 bridgehead atoms. The van der Waals surface area contributed by atoms with Crippen LogP contribution in [0, 0.1) is 5.92 Å². The van der Waals surface area contributed by atoms with Crippen LogP contribution in [0.15, 0.2) is 12.1 Å². The average molecular weight is 349 g/mol. The lowest BCUT2D eigenvalue weighted by molar-refractivity contribution is -0.118. The molecule has 5 heteroatoms. The summed E-state index contributed by atoms with van der Waals surface area (Å²) in [5, 5.41) is 0. The minimum Gasteiger partial charge on any atom is -0.493 e. The number of piperidine rings is 1. The fourth-order valence-electron chi connectivity index (χ4n) is 3.67. The fraction of sp³-hybridized carbons (Fsp3) is 0.650. The molecule has 0 N–H and O–H groups in total. The largest absolute Gasteiger partial charge is 0.493 e. The van der Waals surface area contributed by atoms with Crippen LogP contribution in [-0.4, -0.2) is 51.6 Å². The van der Waals surface area contributed by atoms with Crippen molar-refractivity contribution < 1.29 is 19.0 Å². The first-order chi connectivity index (χ1) is 12.1. The molecule has 0 unspecified atom stereocenters. The Morgan fingerprint density at radius 1 is 1.08 bits per heavy atom. The van der Waals surface area contributed by atoms with E-state index in [1.54, 1.807) is 28.3 Å². The smallest absolute Gasteiger partial charge is 0.203 e. The standard InChI is InChI=1S/C20H31NO4/c1-15(22)14-16-9-12-21(13-10-16)11-5-6-17-7-8-18(23-2)20(25-4)19(17)24-3/h7-8,16H,5-6,9-14H2,1-4H3. The van der Waals surface area contributed by atoms with Crippen LogP contribution in [0.5, 0.6) is 17.2 Å². The van der Waals surface area contributed by atoms with Gasteiger partial charge in [-0.3, -0.25) is 0 Å². The summed E-state index contributed by atoms with van der Waals surface area (Å²) >= 11 is 0. The molecule has 0 aromatic heterocycles. The number of hydrogen-bond acceptors (Lipinski definition) is 5. The van der Waals surface area contributed by atoms with Gasteiger partial charge in [0.25, 0.3) is 0 Å². The van der Waals surface area contributed by atoms with Crippen molar-refractivity contribution in [3.8, 4) is 17.2 Å². The van der Waals surface area contributed by atoms with Gasteiger partial charge in [0.15, 0.2) is 11.5 Å². The Bertz CT molecular complexity index is 565. The molecule has 0 aliphatic carbocycles. The summed E-state index contributed by atoms with van der Waals surface area (Å²) in [6.45, 7) is 4.97. The first kappa shape index (κ1) is 19.6. The summed E-state index contributed by atoms with van der Waals surface area (Å²) in [7, 11) is 4.93. The van der Waals surface area contributed by atoms with E-state index >= 15 is 0 Å². The lowest BCUT2D eigenvalue weighted by atomic mass is 9.92. The van der Waals surface area contributed by atoms with Crippen molar-refractivity contribution in [2.75, 3.05) is 41.0 Å². The molecule has 140 valence electrons. The molecule has 0 radical (unpaired) electrons. The van der Waals surface area contributed by atoms with Gasteiger partial charge in [0.2, 0.25) is 5.75 Å². The Kier molecular flexibility index (Phi) is 7.56. The number of methoxy groups -OCH3 is 3. The topological polar surface area (TPSA) is 48.0 Å². The molecular weight excluding hydrogens is 318 g/mol. The van der Waals surface area contributed by atoms with E-state index in [-0.39, 0.29) is 0 Å². The Balaban J connectivity index is 1.85. The summed E-state index contributed by atoms with van der Waals surface area (Å²) in [5.41, 5.74) is 1.15. The average Bonchev–Trinajstić information content (AvgIpc) is 2.62. The second-order valence-electron chi connectivity index (χ2n) is 6.79. The van der Waals surface area contributed by atoms with E-state index in [4.69, 9.17) is 14.2 Å². The molecule has 1 aliphatic heterocycles. The third-order valence-electron chi connectivity index (χ3n) is 4.99. The quantitative estimate of drug-likeness (QED) is 0.684. The SMILES string of the molecule is COc1ccc(CCCN2CCC(CC(C)=O)CC2)c(OC)c1OC. The fourth-order valence-corrected chi connectivity index (χ4v) is 3.67. The van der Waals surface area contributed by atoms with Crippen LogP contribution in [-0.2, 0) is 11.2 Å². The van der Waals surface area contributed by atoms with Crippen molar-refractivity contribution >= 4 is 5.78 Å². The Hall–Kier alpha value is -1.75. The number of benzene rings is 1. The maximum absolute atomic E-state index is 11.2. The second kappa shape index (κ2) is 9.66. The van der Waals surface area contributed by atoms with Gasteiger partial charge in [-0.1, -0.05) is 6.07 Å². The van der Waals surface area contributed by atoms with Crippen molar-refractivity contribution in [2.45, 2.75) is 39.0 Å². The number of carbonyl (C=O) groups excluding carboxylic acids is 1. The number of ketones is 1. The summed E-state index contributed by atoms with van der Waals surface area (Å²) in [4.78, 5) is 13.7. The van der Waals surface area contributed by atoms with Crippen LogP contribution in [0.1, 0.15) is 38.2 Å². The molecule has 0 saturated carbocycles. The highest BCUT2D eigenvalue weighted by molar-refractivity contribution is 5.75. The molecule has 25 heavy (non-hydrogen) atoms. The molecule has 1 saturated heterocycles.